The molecule has 3 heterocycles. The molecule has 0 bridgehead atoms. The average molecular weight is 528 g/mol. The van der Waals surface area contributed by atoms with Crippen molar-refractivity contribution in [2.24, 2.45) is 5.14 Å². The van der Waals surface area contributed by atoms with E-state index in [1.54, 1.807) is 10.8 Å². The van der Waals surface area contributed by atoms with Crippen molar-refractivity contribution in [1.29, 1.82) is 0 Å². The maximum Gasteiger partial charge on any atom is 0.224 e. The van der Waals surface area contributed by atoms with Crippen LogP contribution >= 0.6 is 0 Å². The lowest BCUT2D eigenvalue weighted by molar-refractivity contribution is 0.187. The molecule has 196 valence electrons. The number of halogens is 3. The summed E-state index contributed by atoms with van der Waals surface area (Å²) in [6, 6.07) is 1.49. The van der Waals surface area contributed by atoms with Gasteiger partial charge in [0.15, 0.2) is 17.3 Å². The van der Waals surface area contributed by atoms with E-state index in [9.17, 15) is 21.6 Å². The quantitative estimate of drug-likeness (QED) is 0.458. The van der Waals surface area contributed by atoms with E-state index in [1.165, 1.54) is 19.3 Å². The Morgan fingerprint density at radius 2 is 1.75 bits per heavy atom. The fourth-order valence-corrected chi connectivity index (χ4v) is 4.32. The maximum atomic E-state index is 14.2. The molecule has 1 saturated heterocycles. The number of rotatable bonds is 5. The zero-order chi connectivity index (χ0) is 25.9. The van der Waals surface area contributed by atoms with Gasteiger partial charge in [-0.05, 0) is 19.3 Å². The van der Waals surface area contributed by atoms with Crippen molar-refractivity contribution >= 4 is 38.8 Å². The Bertz CT molecular complexity index is 1290. The van der Waals surface area contributed by atoms with Crippen molar-refractivity contribution in [2.75, 3.05) is 30.1 Å². The van der Waals surface area contributed by atoms with E-state index in [1.807, 2.05) is 0 Å². The smallest absolute Gasteiger partial charge is 0.224 e. The lowest BCUT2D eigenvalue weighted by Gasteiger charge is -2.22. The molecule has 36 heavy (non-hydrogen) atoms. The number of nitrogens with zero attached hydrogens (tertiary/aromatic N) is 4. The number of hydrogen-bond acceptors (Lipinski definition) is 8. The van der Waals surface area contributed by atoms with Gasteiger partial charge in [-0.2, -0.15) is 4.98 Å². The van der Waals surface area contributed by atoms with Crippen LogP contribution in [-0.2, 0) is 14.8 Å². The van der Waals surface area contributed by atoms with Gasteiger partial charge in [0, 0.05) is 24.8 Å². The number of nitrogens with one attached hydrogen (secondary N) is 2. The van der Waals surface area contributed by atoms with Gasteiger partial charge in [-0.25, -0.2) is 36.7 Å². The zero-order valence-electron chi connectivity index (χ0n) is 19.7. The third-order valence-electron chi connectivity index (χ3n) is 5.89. The summed E-state index contributed by atoms with van der Waals surface area (Å²) in [6.07, 6.45) is 9.01. The van der Waals surface area contributed by atoms with Gasteiger partial charge in [-0.3, -0.25) is 4.57 Å². The molecular formula is C22H28F3N7O3S. The van der Waals surface area contributed by atoms with Gasteiger partial charge in [0.2, 0.25) is 21.9 Å². The number of fused-ring (bicyclic) bond motifs is 1. The van der Waals surface area contributed by atoms with Gasteiger partial charge in [-0.1, -0.05) is 19.3 Å². The number of anilines is 3. The fraction of sp³-hybridized carbons (Fsp3) is 0.500. The molecule has 10 nitrogen and oxygen atoms in total. The molecule has 5 rings (SSSR count). The minimum Gasteiger partial charge on any atom is -0.379 e. The molecular weight excluding hydrogens is 499 g/mol. The van der Waals surface area contributed by atoms with Crippen LogP contribution < -0.4 is 15.8 Å². The predicted molar refractivity (Wildman–Crippen MR) is 129 cm³/mol. The Hall–Kier alpha value is -2.97. The van der Waals surface area contributed by atoms with Gasteiger partial charge in [0.05, 0.1) is 25.1 Å². The van der Waals surface area contributed by atoms with Crippen molar-refractivity contribution in [2.45, 2.75) is 50.6 Å². The van der Waals surface area contributed by atoms with E-state index >= 15 is 0 Å². The van der Waals surface area contributed by atoms with Gasteiger partial charge in [-0.15, -0.1) is 0 Å². The Balaban J connectivity index is 0.000000556. The van der Waals surface area contributed by atoms with Crippen LogP contribution in [0.3, 0.4) is 0 Å². The standard InChI is InChI=1S/C21H23F3N6O.CH5NO2S/c22-12-8-15(23)18(16(24)9-12)28-21-27-17-10-25-20(26-13-4-2-1-3-5-13)29-19(17)30(21)14-6-7-31-11-14;1-5(2,3)4/h8-10,13-14H,1-7,11H2,(H,27,28)(H,25,26,29);1H3,(H2,2,3,4). The van der Waals surface area contributed by atoms with Crippen LogP contribution in [0.15, 0.2) is 18.3 Å². The molecule has 1 aromatic carbocycles. The van der Waals surface area contributed by atoms with Crippen molar-refractivity contribution in [1.82, 2.24) is 19.5 Å². The predicted octanol–water partition coefficient (Wildman–Crippen LogP) is 3.60. The van der Waals surface area contributed by atoms with E-state index in [2.05, 4.69) is 30.7 Å². The second-order valence-electron chi connectivity index (χ2n) is 8.90. The van der Waals surface area contributed by atoms with Crippen LogP contribution in [-0.4, -0.2) is 53.4 Å². The lowest BCUT2D eigenvalue weighted by Crippen LogP contribution is -2.23. The molecule has 1 unspecified atom stereocenters. The fourth-order valence-electron chi connectivity index (χ4n) is 4.32. The topological polar surface area (TPSA) is 137 Å². The van der Waals surface area contributed by atoms with Crippen LogP contribution in [0.25, 0.3) is 11.2 Å². The molecule has 0 amide bonds. The third kappa shape index (κ3) is 6.62. The second kappa shape index (κ2) is 11.0. The molecule has 2 aromatic heterocycles. The van der Waals surface area contributed by atoms with Crippen molar-refractivity contribution < 1.29 is 26.3 Å². The van der Waals surface area contributed by atoms with Crippen molar-refractivity contribution in [3.63, 3.8) is 0 Å². The number of ether oxygens (including phenoxy) is 1. The van der Waals surface area contributed by atoms with E-state index in [-0.39, 0.29) is 12.0 Å². The highest BCUT2D eigenvalue weighted by Gasteiger charge is 2.26. The Morgan fingerprint density at radius 1 is 1.08 bits per heavy atom. The summed E-state index contributed by atoms with van der Waals surface area (Å²) in [6.45, 7) is 1.01. The van der Waals surface area contributed by atoms with E-state index < -0.39 is 33.2 Å². The number of nitrogens with two attached hydrogens (primary N) is 1. The third-order valence-corrected chi connectivity index (χ3v) is 5.89. The number of sulfonamides is 1. The SMILES string of the molecule is CS(N)(=O)=O.Fc1cc(F)c(Nc2nc3cnc(NC4CCCCC4)nc3n2C2CCOC2)c(F)c1. The Morgan fingerprint density at radius 3 is 2.36 bits per heavy atom. The minimum absolute atomic E-state index is 0.100. The van der Waals surface area contributed by atoms with Gasteiger partial charge >= 0.3 is 0 Å². The van der Waals surface area contributed by atoms with Crippen LogP contribution in [0.1, 0.15) is 44.6 Å². The zero-order valence-corrected chi connectivity index (χ0v) is 20.5. The number of imidazole rings is 1. The summed E-state index contributed by atoms with van der Waals surface area (Å²) in [5.41, 5.74) is 0.575. The molecule has 0 radical (unpaired) electrons. The molecule has 14 heteroatoms. The first kappa shape index (κ1) is 26.1. The Kier molecular flexibility index (Phi) is 7.95. The van der Waals surface area contributed by atoms with Crippen LogP contribution in [0.2, 0.25) is 0 Å². The highest BCUT2D eigenvalue weighted by Crippen LogP contribution is 2.32. The maximum absolute atomic E-state index is 14.2. The van der Waals surface area contributed by atoms with Gasteiger partial charge in [0.1, 0.15) is 17.0 Å². The normalized spacial score (nSPS) is 18.6. The molecule has 4 N–H and O–H groups in total. The van der Waals surface area contributed by atoms with Gasteiger partial charge < -0.3 is 15.4 Å². The highest BCUT2D eigenvalue weighted by atomic mass is 32.2. The molecule has 1 saturated carbocycles. The Labute approximate surface area is 206 Å². The lowest BCUT2D eigenvalue weighted by atomic mass is 9.96. The monoisotopic (exact) mass is 527 g/mol. The number of primary sulfonamides is 1. The minimum atomic E-state index is -3.17. The first-order valence-electron chi connectivity index (χ1n) is 11.6. The summed E-state index contributed by atoms with van der Waals surface area (Å²) in [7, 11) is -3.17. The largest absolute Gasteiger partial charge is 0.379 e. The summed E-state index contributed by atoms with van der Waals surface area (Å²) < 4.78 is 67.9. The first-order valence-corrected chi connectivity index (χ1v) is 13.5. The molecule has 1 aliphatic heterocycles. The van der Waals surface area contributed by atoms with E-state index in [0.29, 0.717) is 54.9 Å². The van der Waals surface area contributed by atoms with Crippen LogP contribution in [0.5, 0.6) is 0 Å². The summed E-state index contributed by atoms with van der Waals surface area (Å²) in [5, 5.41) is 10.4. The van der Waals surface area contributed by atoms with Gasteiger partial charge in [0.25, 0.3) is 0 Å². The second-order valence-corrected chi connectivity index (χ2v) is 10.6. The summed E-state index contributed by atoms with van der Waals surface area (Å²) in [5.74, 6) is -2.35. The van der Waals surface area contributed by atoms with Crippen molar-refractivity contribution in [3.05, 3.63) is 35.8 Å². The number of benzene rings is 1. The van der Waals surface area contributed by atoms with Crippen LogP contribution in [0, 0.1) is 17.5 Å². The molecule has 2 fully saturated rings. The average Bonchev–Trinajstić information content (AvgIpc) is 3.43. The molecule has 0 spiro atoms. The molecule has 2 aliphatic rings. The van der Waals surface area contributed by atoms with E-state index in [4.69, 9.17) is 4.74 Å². The van der Waals surface area contributed by atoms with E-state index in [0.717, 1.165) is 19.1 Å². The molecule has 1 atom stereocenters. The molecule has 1 aliphatic carbocycles. The number of hydrogen-bond donors (Lipinski definition) is 3. The molecule has 3 aromatic rings. The summed E-state index contributed by atoms with van der Waals surface area (Å²) >= 11 is 0. The van der Waals surface area contributed by atoms with Crippen molar-refractivity contribution in [3.8, 4) is 0 Å². The summed E-state index contributed by atoms with van der Waals surface area (Å²) in [4.78, 5) is 13.5. The van der Waals surface area contributed by atoms with Crippen LogP contribution in [0.4, 0.5) is 30.8 Å². The number of aromatic nitrogens is 4. The first-order chi connectivity index (χ1) is 17.1. The highest BCUT2D eigenvalue weighted by molar-refractivity contribution is 7.88.